The second-order valence-corrected chi connectivity index (χ2v) is 4.94. The molecule has 0 aliphatic carbocycles. The van der Waals surface area contributed by atoms with Gasteiger partial charge in [0.25, 0.3) is 11.6 Å². The number of esters is 1. The van der Waals surface area contributed by atoms with Gasteiger partial charge in [0.1, 0.15) is 5.75 Å². The zero-order valence-corrected chi connectivity index (χ0v) is 13.7. The van der Waals surface area contributed by atoms with Crippen LogP contribution in [0.4, 0.5) is 5.69 Å². The molecule has 1 N–H and O–H groups in total. The number of benzene rings is 2. The van der Waals surface area contributed by atoms with Crippen LogP contribution in [0, 0.1) is 10.1 Å². The third-order valence-corrected chi connectivity index (χ3v) is 3.16. The smallest absolute Gasteiger partial charge is 0.343 e. The first-order valence-corrected chi connectivity index (χ1v) is 7.37. The van der Waals surface area contributed by atoms with Gasteiger partial charge >= 0.3 is 5.97 Å². The number of carbonyl (C=O) groups excluding carboxylic acids is 2. The van der Waals surface area contributed by atoms with Gasteiger partial charge in [0, 0.05) is 17.7 Å². The maximum Gasteiger partial charge on any atom is 0.343 e. The molecule has 0 aliphatic heterocycles. The molecule has 0 radical (unpaired) electrons. The van der Waals surface area contributed by atoms with Gasteiger partial charge in [-0.05, 0) is 35.9 Å². The lowest BCUT2D eigenvalue weighted by Crippen LogP contribution is -2.17. The third-order valence-electron chi connectivity index (χ3n) is 3.16. The summed E-state index contributed by atoms with van der Waals surface area (Å²) in [6, 6.07) is 11.9. The molecule has 0 atom stereocenters. The molecule has 0 bridgehead atoms. The quantitative estimate of drug-likeness (QED) is 0.350. The lowest BCUT2D eigenvalue weighted by atomic mass is 10.2. The van der Waals surface area contributed by atoms with Gasteiger partial charge in [0.15, 0.2) is 6.61 Å². The summed E-state index contributed by atoms with van der Waals surface area (Å²) >= 11 is 0. The minimum absolute atomic E-state index is 0.128. The molecule has 2 aromatic rings. The van der Waals surface area contributed by atoms with Gasteiger partial charge in [-0.3, -0.25) is 14.9 Å². The van der Waals surface area contributed by atoms with Crippen LogP contribution in [0.3, 0.4) is 0 Å². The van der Waals surface area contributed by atoms with Crippen LogP contribution in [0.15, 0.2) is 53.6 Å². The predicted octanol–water partition coefficient (Wildman–Crippen LogP) is 1.91. The fourth-order valence-electron chi connectivity index (χ4n) is 1.84. The van der Waals surface area contributed by atoms with E-state index in [0.717, 1.165) is 6.07 Å². The predicted molar refractivity (Wildman–Crippen MR) is 92.1 cm³/mol. The SMILES string of the molecule is COC(=O)COc1ccc(/C=N\NC(=O)c2cccc([N+](=O)[O-])c2)cc1. The van der Waals surface area contributed by atoms with Crippen molar-refractivity contribution in [3.63, 3.8) is 0 Å². The fourth-order valence-corrected chi connectivity index (χ4v) is 1.84. The van der Waals surface area contributed by atoms with E-state index in [1.54, 1.807) is 24.3 Å². The largest absolute Gasteiger partial charge is 0.482 e. The number of hydrogen-bond acceptors (Lipinski definition) is 7. The van der Waals surface area contributed by atoms with Crippen LogP contribution in [0.2, 0.25) is 0 Å². The second kappa shape index (κ2) is 8.92. The third kappa shape index (κ3) is 5.41. The second-order valence-electron chi connectivity index (χ2n) is 4.94. The van der Waals surface area contributed by atoms with Gasteiger partial charge in [-0.25, -0.2) is 10.2 Å². The minimum Gasteiger partial charge on any atom is -0.482 e. The van der Waals surface area contributed by atoms with Gasteiger partial charge in [-0.15, -0.1) is 0 Å². The standard InChI is InChI=1S/C17H15N3O6/c1-25-16(21)11-26-15-7-5-12(6-8-15)10-18-19-17(22)13-3-2-4-14(9-13)20(23)24/h2-10H,11H2,1H3,(H,19,22)/b18-10-. The summed E-state index contributed by atoms with van der Waals surface area (Å²) in [7, 11) is 1.27. The lowest BCUT2D eigenvalue weighted by molar-refractivity contribution is -0.384. The molecule has 0 heterocycles. The molecule has 2 rings (SSSR count). The van der Waals surface area contributed by atoms with Gasteiger partial charge in [0.2, 0.25) is 0 Å². The number of nitrogens with one attached hydrogen (secondary N) is 1. The maximum absolute atomic E-state index is 11.9. The van der Waals surface area contributed by atoms with E-state index in [1.807, 2.05) is 0 Å². The Morgan fingerprint density at radius 3 is 2.62 bits per heavy atom. The lowest BCUT2D eigenvalue weighted by Gasteiger charge is -2.04. The average Bonchev–Trinajstić information content (AvgIpc) is 2.67. The Labute approximate surface area is 148 Å². The van der Waals surface area contributed by atoms with Crippen LogP contribution in [-0.4, -0.2) is 36.7 Å². The first-order chi connectivity index (χ1) is 12.5. The van der Waals surface area contributed by atoms with E-state index in [9.17, 15) is 19.7 Å². The number of ether oxygens (including phenoxy) is 2. The molecule has 0 unspecified atom stereocenters. The molecule has 9 nitrogen and oxygen atoms in total. The maximum atomic E-state index is 11.9. The molecule has 0 spiro atoms. The number of hydrazone groups is 1. The Morgan fingerprint density at radius 1 is 1.23 bits per heavy atom. The van der Waals surface area contributed by atoms with Crippen molar-refractivity contribution < 1.29 is 24.0 Å². The van der Waals surface area contributed by atoms with Crippen LogP contribution < -0.4 is 10.2 Å². The Morgan fingerprint density at radius 2 is 1.96 bits per heavy atom. The normalized spacial score (nSPS) is 10.3. The van der Waals surface area contributed by atoms with Crippen LogP contribution in [0.1, 0.15) is 15.9 Å². The number of nitro groups is 1. The van der Waals surface area contributed by atoms with E-state index in [1.165, 1.54) is 31.5 Å². The number of amides is 1. The first kappa shape index (κ1) is 18.6. The number of carbonyl (C=O) groups is 2. The molecule has 0 aromatic heterocycles. The zero-order valence-electron chi connectivity index (χ0n) is 13.7. The number of nitro benzene ring substituents is 1. The number of methoxy groups -OCH3 is 1. The first-order valence-electron chi connectivity index (χ1n) is 7.37. The number of nitrogens with zero attached hydrogens (tertiary/aromatic N) is 2. The summed E-state index contributed by atoms with van der Waals surface area (Å²) in [5.41, 5.74) is 2.92. The van der Waals surface area contributed by atoms with Crippen molar-refractivity contribution in [1.29, 1.82) is 0 Å². The van der Waals surface area contributed by atoms with Crippen LogP contribution in [0.5, 0.6) is 5.75 Å². The Kier molecular flexibility index (Phi) is 6.38. The number of non-ortho nitro benzene ring substituents is 1. The van der Waals surface area contributed by atoms with Crippen molar-refractivity contribution in [1.82, 2.24) is 5.43 Å². The summed E-state index contributed by atoms with van der Waals surface area (Å²) in [5, 5.41) is 14.5. The molecule has 9 heteroatoms. The highest BCUT2D eigenvalue weighted by Gasteiger charge is 2.10. The van der Waals surface area contributed by atoms with Crippen molar-refractivity contribution in [3.8, 4) is 5.75 Å². The molecular formula is C17H15N3O6. The topological polar surface area (TPSA) is 120 Å². The summed E-state index contributed by atoms with van der Waals surface area (Å²) in [6.45, 7) is -0.191. The van der Waals surface area contributed by atoms with Crippen molar-refractivity contribution in [2.75, 3.05) is 13.7 Å². The van der Waals surface area contributed by atoms with E-state index in [0.29, 0.717) is 11.3 Å². The van der Waals surface area contributed by atoms with Gasteiger partial charge in [-0.2, -0.15) is 5.10 Å². The molecule has 2 aromatic carbocycles. The highest BCUT2D eigenvalue weighted by molar-refractivity contribution is 5.95. The van der Waals surface area contributed by atoms with Gasteiger partial charge in [0.05, 0.1) is 18.2 Å². The van der Waals surface area contributed by atoms with E-state index in [4.69, 9.17) is 4.74 Å². The van der Waals surface area contributed by atoms with Crippen LogP contribution in [-0.2, 0) is 9.53 Å². The monoisotopic (exact) mass is 357 g/mol. The molecule has 26 heavy (non-hydrogen) atoms. The van der Waals surface area contributed by atoms with Crippen LogP contribution >= 0.6 is 0 Å². The highest BCUT2D eigenvalue weighted by atomic mass is 16.6. The highest BCUT2D eigenvalue weighted by Crippen LogP contribution is 2.13. The molecule has 134 valence electrons. The molecule has 0 aliphatic rings. The van der Waals surface area contributed by atoms with Crippen molar-refractivity contribution in [2.24, 2.45) is 5.10 Å². The number of rotatable bonds is 7. The van der Waals surface area contributed by atoms with Gasteiger partial charge < -0.3 is 9.47 Å². The van der Waals surface area contributed by atoms with Crippen molar-refractivity contribution in [3.05, 3.63) is 69.8 Å². The fraction of sp³-hybridized carbons (Fsp3) is 0.118. The van der Waals surface area contributed by atoms with E-state index in [2.05, 4.69) is 15.3 Å². The van der Waals surface area contributed by atoms with Crippen molar-refractivity contribution in [2.45, 2.75) is 0 Å². The number of hydrogen-bond donors (Lipinski definition) is 1. The Balaban J connectivity index is 1.91. The summed E-state index contributed by atoms with van der Waals surface area (Å²) in [5.74, 6) is -0.573. The van der Waals surface area contributed by atoms with Crippen molar-refractivity contribution >= 4 is 23.8 Å². The molecule has 0 saturated carbocycles. The Bertz CT molecular complexity index is 833. The molecule has 0 fully saturated rings. The minimum atomic E-state index is -0.579. The summed E-state index contributed by atoms with van der Waals surface area (Å²) in [6.07, 6.45) is 1.40. The van der Waals surface area contributed by atoms with Gasteiger partial charge in [-0.1, -0.05) is 6.07 Å². The van der Waals surface area contributed by atoms with Crippen LogP contribution in [0.25, 0.3) is 0 Å². The molecule has 0 saturated heterocycles. The summed E-state index contributed by atoms with van der Waals surface area (Å²) < 4.78 is 9.67. The summed E-state index contributed by atoms with van der Waals surface area (Å²) in [4.78, 5) is 33.0. The average molecular weight is 357 g/mol. The van der Waals surface area contributed by atoms with E-state index in [-0.39, 0.29) is 17.9 Å². The molecular weight excluding hydrogens is 342 g/mol. The van der Waals surface area contributed by atoms with E-state index >= 15 is 0 Å². The van der Waals surface area contributed by atoms with E-state index < -0.39 is 16.8 Å². The Hall–Kier alpha value is -3.75. The molecule has 1 amide bonds. The zero-order chi connectivity index (χ0) is 18.9.